The van der Waals surface area contributed by atoms with E-state index in [9.17, 15) is 4.79 Å². The second-order valence-corrected chi connectivity index (χ2v) is 10.2. The van der Waals surface area contributed by atoms with Gasteiger partial charge in [0.1, 0.15) is 0 Å². The smallest absolute Gasteiger partial charge is 0.253 e. The van der Waals surface area contributed by atoms with Crippen LogP contribution >= 0.6 is 27.3 Å². The van der Waals surface area contributed by atoms with Crippen LogP contribution in [0.15, 0.2) is 40.2 Å². The summed E-state index contributed by atoms with van der Waals surface area (Å²) in [6, 6.07) is 13.0. The van der Waals surface area contributed by atoms with Crippen LogP contribution in [0, 0.1) is 0 Å². The molecule has 2 heterocycles. The number of amides is 1. The maximum absolute atomic E-state index is 12.9. The first-order chi connectivity index (χ1) is 13.5. The molecule has 0 radical (unpaired) electrons. The number of carbonyl (C=O) groups excluding carboxylic acids is 1. The summed E-state index contributed by atoms with van der Waals surface area (Å²) in [7, 11) is 0. The SMILES string of the molecule is CCN(Cc1ccc(C(=O)N2CCN(Cc3ccc(Br)s3)CC2)cc1)C(C)C. The van der Waals surface area contributed by atoms with Gasteiger partial charge >= 0.3 is 0 Å². The fourth-order valence-electron chi connectivity index (χ4n) is 3.60. The molecule has 0 aliphatic carbocycles. The topological polar surface area (TPSA) is 26.8 Å². The van der Waals surface area contributed by atoms with E-state index in [-0.39, 0.29) is 5.91 Å². The van der Waals surface area contributed by atoms with Crippen LogP contribution in [0.4, 0.5) is 0 Å². The van der Waals surface area contributed by atoms with Crippen LogP contribution in [0.5, 0.6) is 0 Å². The van der Waals surface area contributed by atoms with Gasteiger partial charge in [0, 0.05) is 55.8 Å². The highest BCUT2D eigenvalue weighted by atomic mass is 79.9. The molecule has 1 aliphatic rings. The first-order valence-corrected chi connectivity index (χ1v) is 11.7. The Balaban J connectivity index is 1.52. The minimum Gasteiger partial charge on any atom is -0.336 e. The van der Waals surface area contributed by atoms with Crippen molar-refractivity contribution in [2.24, 2.45) is 0 Å². The average molecular weight is 464 g/mol. The third-order valence-corrected chi connectivity index (χ3v) is 7.00. The largest absolute Gasteiger partial charge is 0.336 e. The predicted molar refractivity (Wildman–Crippen MR) is 121 cm³/mol. The van der Waals surface area contributed by atoms with Crippen LogP contribution in [0.2, 0.25) is 0 Å². The van der Waals surface area contributed by atoms with Crippen LogP contribution in [-0.2, 0) is 13.1 Å². The van der Waals surface area contributed by atoms with Crippen molar-refractivity contribution in [3.63, 3.8) is 0 Å². The van der Waals surface area contributed by atoms with Gasteiger partial charge in [-0.25, -0.2) is 0 Å². The van der Waals surface area contributed by atoms with E-state index in [1.165, 1.54) is 14.2 Å². The Morgan fingerprint density at radius 1 is 1.11 bits per heavy atom. The maximum Gasteiger partial charge on any atom is 0.253 e. The first-order valence-electron chi connectivity index (χ1n) is 10.0. The first kappa shape index (κ1) is 21.5. The molecule has 3 rings (SSSR count). The maximum atomic E-state index is 12.9. The van der Waals surface area contributed by atoms with Gasteiger partial charge in [-0.1, -0.05) is 19.1 Å². The van der Waals surface area contributed by atoms with Crippen LogP contribution in [-0.4, -0.2) is 59.4 Å². The normalized spacial score (nSPS) is 15.6. The predicted octanol–water partition coefficient (Wildman–Crippen LogP) is 4.70. The van der Waals surface area contributed by atoms with Gasteiger partial charge in [-0.15, -0.1) is 11.3 Å². The van der Waals surface area contributed by atoms with Crippen LogP contribution < -0.4 is 0 Å². The van der Waals surface area contributed by atoms with E-state index in [2.05, 4.69) is 70.8 Å². The van der Waals surface area contributed by atoms with E-state index in [0.717, 1.165) is 51.4 Å². The van der Waals surface area contributed by atoms with Crippen LogP contribution in [0.3, 0.4) is 0 Å². The molecular formula is C22H30BrN3OS. The summed E-state index contributed by atoms with van der Waals surface area (Å²) in [6.07, 6.45) is 0. The highest BCUT2D eigenvalue weighted by molar-refractivity contribution is 9.11. The van der Waals surface area contributed by atoms with Crippen molar-refractivity contribution in [1.29, 1.82) is 0 Å². The number of hydrogen-bond acceptors (Lipinski definition) is 4. The van der Waals surface area contributed by atoms with Gasteiger partial charge in [-0.2, -0.15) is 0 Å². The molecule has 1 saturated heterocycles. The molecule has 0 spiro atoms. The number of benzene rings is 1. The Labute approximate surface area is 181 Å². The van der Waals surface area contributed by atoms with Gasteiger partial charge in [0.25, 0.3) is 5.91 Å². The zero-order valence-corrected chi connectivity index (χ0v) is 19.4. The summed E-state index contributed by atoms with van der Waals surface area (Å²) in [5.74, 6) is 0.154. The lowest BCUT2D eigenvalue weighted by Crippen LogP contribution is -2.48. The molecule has 1 aliphatic heterocycles. The molecular weight excluding hydrogens is 434 g/mol. The van der Waals surface area contributed by atoms with Crippen molar-refractivity contribution >= 4 is 33.2 Å². The molecule has 1 aromatic carbocycles. The van der Waals surface area contributed by atoms with Crippen LogP contribution in [0.25, 0.3) is 0 Å². The highest BCUT2D eigenvalue weighted by Crippen LogP contribution is 2.23. The molecule has 0 N–H and O–H groups in total. The molecule has 1 amide bonds. The second kappa shape index (κ2) is 10.0. The third kappa shape index (κ3) is 5.66. The molecule has 1 fully saturated rings. The summed E-state index contributed by atoms with van der Waals surface area (Å²) in [4.78, 5) is 21.1. The molecule has 1 aromatic heterocycles. The highest BCUT2D eigenvalue weighted by Gasteiger charge is 2.22. The van der Waals surface area contributed by atoms with Crippen molar-refractivity contribution in [3.05, 3.63) is 56.2 Å². The zero-order chi connectivity index (χ0) is 20.1. The Morgan fingerprint density at radius 3 is 2.32 bits per heavy atom. The van der Waals surface area contributed by atoms with E-state index in [1.807, 2.05) is 17.0 Å². The minimum atomic E-state index is 0.154. The van der Waals surface area contributed by atoms with Crippen molar-refractivity contribution in [2.45, 2.75) is 39.9 Å². The monoisotopic (exact) mass is 463 g/mol. The molecule has 6 heteroatoms. The minimum absolute atomic E-state index is 0.154. The van der Waals surface area contributed by atoms with Gasteiger partial charge in [0.15, 0.2) is 0 Å². The third-order valence-electron chi connectivity index (χ3n) is 5.39. The molecule has 28 heavy (non-hydrogen) atoms. The number of thiophene rings is 1. The Bertz CT molecular complexity index is 766. The molecule has 0 saturated carbocycles. The summed E-state index contributed by atoms with van der Waals surface area (Å²) in [6.45, 7) is 13.0. The lowest BCUT2D eigenvalue weighted by atomic mass is 10.1. The Morgan fingerprint density at radius 2 is 1.79 bits per heavy atom. The summed E-state index contributed by atoms with van der Waals surface area (Å²) in [5.41, 5.74) is 2.06. The van der Waals surface area contributed by atoms with Crippen molar-refractivity contribution in [1.82, 2.24) is 14.7 Å². The van der Waals surface area contributed by atoms with Gasteiger partial charge in [0.2, 0.25) is 0 Å². The molecule has 0 bridgehead atoms. The second-order valence-electron chi connectivity index (χ2n) is 7.63. The molecule has 0 unspecified atom stereocenters. The fourth-order valence-corrected chi connectivity index (χ4v) is 5.12. The van der Waals surface area contributed by atoms with Crippen molar-refractivity contribution in [2.75, 3.05) is 32.7 Å². The fraction of sp³-hybridized carbons (Fsp3) is 0.500. The number of nitrogens with zero attached hydrogens (tertiary/aromatic N) is 3. The van der Waals surface area contributed by atoms with Crippen molar-refractivity contribution < 1.29 is 4.79 Å². The average Bonchev–Trinajstić information content (AvgIpc) is 3.11. The molecule has 2 aromatic rings. The standard InChI is InChI=1S/C22H30BrN3OS/c1-4-25(17(2)3)15-18-5-7-19(8-6-18)22(27)26-13-11-24(12-14-26)16-20-9-10-21(23)28-20/h5-10,17H,4,11-16H2,1-3H3. The molecule has 152 valence electrons. The van der Waals surface area contributed by atoms with Gasteiger partial charge < -0.3 is 4.90 Å². The lowest BCUT2D eigenvalue weighted by Gasteiger charge is -2.34. The number of rotatable bonds is 7. The zero-order valence-electron chi connectivity index (χ0n) is 17.0. The molecule has 4 nitrogen and oxygen atoms in total. The van der Waals surface area contributed by atoms with E-state index < -0.39 is 0 Å². The number of hydrogen-bond donors (Lipinski definition) is 0. The lowest BCUT2D eigenvalue weighted by molar-refractivity contribution is 0.0629. The summed E-state index contributed by atoms with van der Waals surface area (Å²) >= 11 is 5.31. The number of piperazine rings is 1. The number of halogens is 1. The van der Waals surface area contributed by atoms with Crippen molar-refractivity contribution in [3.8, 4) is 0 Å². The van der Waals surface area contributed by atoms with E-state index in [1.54, 1.807) is 11.3 Å². The van der Waals surface area contributed by atoms with Gasteiger partial charge in [0.05, 0.1) is 3.79 Å². The van der Waals surface area contributed by atoms with Crippen LogP contribution in [0.1, 0.15) is 41.6 Å². The van der Waals surface area contributed by atoms with Gasteiger partial charge in [-0.05, 0) is 66.2 Å². The quantitative estimate of drug-likeness (QED) is 0.595. The van der Waals surface area contributed by atoms with E-state index in [4.69, 9.17) is 0 Å². The Kier molecular flexibility index (Phi) is 7.69. The summed E-state index contributed by atoms with van der Waals surface area (Å²) < 4.78 is 1.18. The van der Waals surface area contributed by atoms with E-state index >= 15 is 0 Å². The molecule has 0 atom stereocenters. The Hall–Kier alpha value is -1.21. The van der Waals surface area contributed by atoms with Gasteiger partial charge in [-0.3, -0.25) is 14.6 Å². The van der Waals surface area contributed by atoms with E-state index in [0.29, 0.717) is 6.04 Å². The number of carbonyl (C=O) groups is 1. The summed E-state index contributed by atoms with van der Waals surface area (Å²) in [5, 5.41) is 0.